The minimum Gasteiger partial charge on any atom is -0.467 e. The maximum absolute atomic E-state index is 13.6. The van der Waals surface area contributed by atoms with E-state index in [-0.39, 0.29) is 5.56 Å². The monoisotopic (exact) mass is 238 g/mol. The Hall–Kier alpha value is -1.72. The Morgan fingerprint density at radius 2 is 2.06 bits per heavy atom. The van der Waals surface area contributed by atoms with Gasteiger partial charge in [0.05, 0.1) is 6.26 Å². The predicted octanol–water partition coefficient (Wildman–Crippen LogP) is 2.42. The van der Waals surface area contributed by atoms with Crippen molar-refractivity contribution >= 4 is 0 Å². The van der Waals surface area contributed by atoms with Crippen LogP contribution in [-0.4, -0.2) is 0 Å². The first-order chi connectivity index (χ1) is 8.13. The number of furan rings is 1. The first-order valence-electron chi connectivity index (χ1n) is 5.08. The Balaban J connectivity index is 2.49. The minimum absolute atomic E-state index is 0.116. The highest BCUT2D eigenvalue weighted by Crippen LogP contribution is 2.27. The summed E-state index contributed by atoms with van der Waals surface area (Å²) in [5, 5.41) is 0. The second-order valence-corrected chi connectivity index (χ2v) is 3.73. The van der Waals surface area contributed by atoms with Gasteiger partial charge in [0.25, 0.3) is 0 Å². The van der Waals surface area contributed by atoms with Crippen molar-refractivity contribution in [3.63, 3.8) is 0 Å². The SMILES string of the molecule is Cc1ccoc1C(NN)c1cc(F)ccc1F. The van der Waals surface area contributed by atoms with E-state index in [4.69, 9.17) is 10.3 Å². The number of hydrogen-bond acceptors (Lipinski definition) is 3. The van der Waals surface area contributed by atoms with E-state index in [1.54, 1.807) is 13.0 Å². The van der Waals surface area contributed by atoms with Gasteiger partial charge in [0.1, 0.15) is 23.4 Å². The molecule has 90 valence electrons. The summed E-state index contributed by atoms with van der Waals surface area (Å²) in [6.07, 6.45) is 1.48. The molecule has 1 heterocycles. The van der Waals surface area contributed by atoms with Crippen molar-refractivity contribution < 1.29 is 13.2 Å². The summed E-state index contributed by atoms with van der Waals surface area (Å²) in [6, 6.07) is 4.24. The summed E-state index contributed by atoms with van der Waals surface area (Å²) >= 11 is 0. The Bertz CT molecular complexity index is 525. The zero-order valence-corrected chi connectivity index (χ0v) is 9.21. The molecule has 0 spiro atoms. The summed E-state index contributed by atoms with van der Waals surface area (Å²) in [5.74, 6) is 4.79. The summed E-state index contributed by atoms with van der Waals surface area (Å²) in [6.45, 7) is 1.81. The fraction of sp³-hybridized carbons (Fsp3) is 0.167. The zero-order valence-electron chi connectivity index (χ0n) is 9.21. The van der Waals surface area contributed by atoms with Crippen LogP contribution in [0.4, 0.5) is 8.78 Å². The quantitative estimate of drug-likeness (QED) is 0.637. The average Bonchev–Trinajstić information content (AvgIpc) is 2.71. The lowest BCUT2D eigenvalue weighted by Crippen LogP contribution is -2.29. The molecule has 1 atom stereocenters. The van der Waals surface area contributed by atoms with Gasteiger partial charge in [-0.25, -0.2) is 14.2 Å². The Morgan fingerprint density at radius 1 is 1.29 bits per heavy atom. The fourth-order valence-electron chi connectivity index (χ4n) is 1.72. The van der Waals surface area contributed by atoms with E-state index in [2.05, 4.69) is 5.43 Å². The molecule has 1 aromatic carbocycles. The van der Waals surface area contributed by atoms with Crippen LogP contribution in [0.2, 0.25) is 0 Å². The maximum Gasteiger partial charge on any atom is 0.129 e. The van der Waals surface area contributed by atoms with Gasteiger partial charge in [0.15, 0.2) is 0 Å². The molecule has 0 amide bonds. The molecule has 0 aliphatic carbocycles. The van der Waals surface area contributed by atoms with Crippen molar-refractivity contribution in [1.82, 2.24) is 5.43 Å². The van der Waals surface area contributed by atoms with Gasteiger partial charge in [0.2, 0.25) is 0 Å². The average molecular weight is 238 g/mol. The Kier molecular flexibility index (Phi) is 3.21. The molecule has 0 saturated heterocycles. The summed E-state index contributed by atoms with van der Waals surface area (Å²) in [5.41, 5.74) is 3.36. The van der Waals surface area contributed by atoms with Gasteiger partial charge < -0.3 is 4.42 Å². The van der Waals surface area contributed by atoms with Crippen molar-refractivity contribution in [2.75, 3.05) is 0 Å². The van der Waals surface area contributed by atoms with E-state index >= 15 is 0 Å². The van der Waals surface area contributed by atoms with Crippen LogP contribution in [0.25, 0.3) is 0 Å². The smallest absolute Gasteiger partial charge is 0.129 e. The summed E-state index contributed by atoms with van der Waals surface area (Å²) < 4.78 is 32.0. The molecule has 0 bridgehead atoms. The Labute approximate surface area is 97.2 Å². The second kappa shape index (κ2) is 4.65. The molecule has 2 rings (SSSR count). The summed E-state index contributed by atoms with van der Waals surface area (Å²) in [4.78, 5) is 0. The van der Waals surface area contributed by atoms with E-state index in [0.29, 0.717) is 5.76 Å². The number of hydrazine groups is 1. The highest BCUT2D eigenvalue weighted by atomic mass is 19.1. The fourth-order valence-corrected chi connectivity index (χ4v) is 1.72. The molecule has 3 nitrogen and oxygen atoms in total. The Morgan fingerprint density at radius 3 is 2.65 bits per heavy atom. The van der Waals surface area contributed by atoms with E-state index in [0.717, 1.165) is 23.8 Å². The molecular weight excluding hydrogens is 226 g/mol. The molecule has 1 aromatic heterocycles. The van der Waals surface area contributed by atoms with E-state index in [1.807, 2.05) is 0 Å². The molecule has 0 radical (unpaired) electrons. The van der Waals surface area contributed by atoms with Crippen LogP contribution in [0.1, 0.15) is 22.9 Å². The second-order valence-electron chi connectivity index (χ2n) is 3.73. The molecule has 1 unspecified atom stereocenters. The van der Waals surface area contributed by atoms with Gasteiger partial charge in [-0.05, 0) is 36.8 Å². The molecule has 2 aromatic rings. The van der Waals surface area contributed by atoms with E-state index < -0.39 is 17.7 Å². The molecule has 3 N–H and O–H groups in total. The number of hydrogen-bond donors (Lipinski definition) is 2. The van der Waals surface area contributed by atoms with Gasteiger partial charge >= 0.3 is 0 Å². The van der Waals surface area contributed by atoms with Crippen LogP contribution in [-0.2, 0) is 0 Å². The van der Waals surface area contributed by atoms with Crippen molar-refractivity contribution in [2.24, 2.45) is 5.84 Å². The van der Waals surface area contributed by atoms with Crippen molar-refractivity contribution in [2.45, 2.75) is 13.0 Å². The molecule has 5 heteroatoms. The number of aryl methyl sites for hydroxylation is 1. The van der Waals surface area contributed by atoms with Crippen LogP contribution in [0.5, 0.6) is 0 Å². The molecule has 0 fully saturated rings. The predicted molar refractivity (Wildman–Crippen MR) is 59.0 cm³/mol. The normalized spacial score (nSPS) is 12.7. The van der Waals surface area contributed by atoms with Crippen LogP contribution >= 0.6 is 0 Å². The third kappa shape index (κ3) is 2.20. The lowest BCUT2D eigenvalue weighted by molar-refractivity contribution is 0.437. The van der Waals surface area contributed by atoms with Gasteiger partial charge in [-0.1, -0.05) is 0 Å². The van der Waals surface area contributed by atoms with Crippen LogP contribution in [0, 0.1) is 18.6 Å². The van der Waals surface area contributed by atoms with Gasteiger partial charge in [-0.15, -0.1) is 0 Å². The third-order valence-electron chi connectivity index (χ3n) is 2.60. The largest absolute Gasteiger partial charge is 0.467 e. The number of rotatable bonds is 3. The lowest BCUT2D eigenvalue weighted by Gasteiger charge is -2.15. The summed E-state index contributed by atoms with van der Waals surface area (Å²) in [7, 11) is 0. The zero-order chi connectivity index (χ0) is 12.4. The standard InChI is InChI=1S/C12H12F2N2O/c1-7-4-5-17-12(7)11(16-15)9-6-8(13)2-3-10(9)14/h2-6,11,16H,15H2,1H3. The molecule has 17 heavy (non-hydrogen) atoms. The molecule has 0 aliphatic rings. The van der Waals surface area contributed by atoms with Crippen LogP contribution in [0.3, 0.4) is 0 Å². The van der Waals surface area contributed by atoms with Gasteiger partial charge in [0, 0.05) is 5.56 Å². The van der Waals surface area contributed by atoms with Crippen molar-refractivity contribution in [3.05, 3.63) is 59.1 Å². The number of benzene rings is 1. The lowest BCUT2D eigenvalue weighted by atomic mass is 10.0. The first kappa shape index (κ1) is 11.8. The van der Waals surface area contributed by atoms with E-state index in [9.17, 15) is 8.78 Å². The highest BCUT2D eigenvalue weighted by Gasteiger charge is 2.21. The maximum atomic E-state index is 13.6. The highest BCUT2D eigenvalue weighted by molar-refractivity contribution is 5.31. The van der Waals surface area contributed by atoms with Crippen LogP contribution < -0.4 is 11.3 Å². The molecular formula is C12H12F2N2O. The number of halogens is 2. The minimum atomic E-state index is -0.708. The first-order valence-corrected chi connectivity index (χ1v) is 5.08. The molecule has 0 aliphatic heterocycles. The van der Waals surface area contributed by atoms with E-state index in [1.165, 1.54) is 6.26 Å². The third-order valence-corrected chi connectivity index (χ3v) is 2.60. The number of nitrogens with two attached hydrogens (primary N) is 1. The van der Waals surface area contributed by atoms with Crippen molar-refractivity contribution in [3.8, 4) is 0 Å². The topological polar surface area (TPSA) is 51.2 Å². The molecule has 0 saturated carbocycles. The van der Waals surface area contributed by atoms with Crippen molar-refractivity contribution in [1.29, 1.82) is 0 Å². The van der Waals surface area contributed by atoms with Crippen LogP contribution in [0.15, 0.2) is 34.9 Å². The number of nitrogens with one attached hydrogen (secondary N) is 1. The van der Waals surface area contributed by atoms with Gasteiger partial charge in [-0.2, -0.15) is 0 Å². The van der Waals surface area contributed by atoms with Gasteiger partial charge in [-0.3, -0.25) is 5.84 Å².